The summed E-state index contributed by atoms with van der Waals surface area (Å²) in [5, 5.41) is 15.9. The highest BCUT2D eigenvalue weighted by atomic mass is 19.4. The maximum absolute atomic E-state index is 14.3. The van der Waals surface area contributed by atoms with Crippen LogP contribution in [-0.2, 0) is 36.5 Å². The van der Waals surface area contributed by atoms with Gasteiger partial charge in [-0.3, -0.25) is 14.5 Å². The monoisotopic (exact) mass is 702 g/mol. The first-order valence-corrected chi connectivity index (χ1v) is 16.7. The van der Waals surface area contributed by atoms with E-state index < -0.39 is 71.4 Å². The quantitative estimate of drug-likeness (QED) is 0.181. The molecule has 0 bridgehead atoms. The summed E-state index contributed by atoms with van der Waals surface area (Å²) in [5.74, 6) is -4.60. The molecular formula is C36H45F3N4O7. The minimum Gasteiger partial charge on any atom is -0.480 e. The molecule has 1 fully saturated rings. The number of carboxylic acid groups (broad SMARTS) is 1. The normalized spacial score (nSPS) is 17.8. The number of nitrogens with zero attached hydrogens (tertiary/aromatic N) is 1. The maximum Gasteiger partial charge on any atom is 0.416 e. The lowest BCUT2D eigenvalue weighted by Gasteiger charge is -2.38. The summed E-state index contributed by atoms with van der Waals surface area (Å²) in [6.45, 7) is 9.01. The van der Waals surface area contributed by atoms with E-state index in [2.05, 4.69) is 15.6 Å². The Hall–Kier alpha value is -4.59. The summed E-state index contributed by atoms with van der Waals surface area (Å²) >= 11 is 0. The lowest BCUT2D eigenvalue weighted by Crippen LogP contribution is -2.55. The second kappa shape index (κ2) is 16.0. The third-order valence-electron chi connectivity index (χ3n) is 8.71. The second-order valence-corrected chi connectivity index (χ2v) is 13.6. The molecule has 2 aromatic carbocycles. The fourth-order valence-electron chi connectivity index (χ4n) is 5.88. The number of amides is 3. The maximum atomic E-state index is 14.3. The highest BCUT2D eigenvalue weighted by Gasteiger charge is 2.38. The van der Waals surface area contributed by atoms with Gasteiger partial charge in [0.15, 0.2) is 0 Å². The number of carboxylic acids is 1. The number of rotatable bonds is 12. The van der Waals surface area contributed by atoms with Crippen LogP contribution >= 0.6 is 0 Å². The van der Waals surface area contributed by atoms with Gasteiger partial charge in [-0.1, -0.05) is 56.7 Å². The molecular weight excluding hydrogens is 657 g/mol. The Morgan fingerprint density at radius 3 is 2.44 bits per heavy atom. The van der Waals surface area contributed by atoms with E-state index in [0.29, 0.717) is 18.4 Å². The number of fused-ring (bicyclic) bond motifs is 1. The summed E-state index contributed by atoms with van der Waals surface area (Å²) in [7, 11) is 0. The molecule has 0 aliphatic carbocycles. The fraction of sp³-hybridized carbons (Fsp3) is 0.500. The number of para-hydroxylation sites is 1. The standard InChI is InChI=1S/C36H45F3N4O7/c1-6-21(2)30(33(46)47)42-32(45)28(18-23-20-40-27-14-8-7-13-25(23)27)41-31(44)26(22-11-9-12-24(17-22)36(37,38)39)19-29-43(15-10-16-49-29)34(48)50-35(3,4)5/h7-9,11-14,17,20-21,26,28-30,40H,6,10,15-16,18-19H2,1-5H3,(H,41,44)(H,42,45)(H,46,47)/t21-,26?,28-,29?,30-/m0/s1. The minimum absolute atomic E-state index is 0.00935. The molecule has 0 saturated carbocycles. The van der Waals surface area contributed by atoms with Gasteiger partial charge in [-0.15, -0.1) is 0 Å². The molecule has 3 aromatic rings. The largest absolute Gasteiger partial charge is 0.480 e. The van der Waals surface area contributed by atoms with Crippen LogP contribution in [0.1, 0.15) is 76.5 Å². The number of H-pyrrole nitrogens is 1. The number of benzene rings is 2. The topological polar surface area (TPSA) is 150 Å². The van der Waals surface area contributed by atoms with Gasteiger partial charge >= 0.3 is 18.2 Å². The van der Waals surface area contributed by atoms with Gasteiger partial charge in [0.25, 0.3) is 0 Å². The van der Waals surface area contributed by atoms with Gasteiger partial charge in [0.1, 0.15) is 23.9 Å². The molecule has 1 saturated heterocycles. The van der Waals surface area contributed by atoms with E-state index in [9.17, 15) is 37.5 Å². The molecule has 0 radical (unpaired) electrons. The van der Waals surface area contributed by atoms with Crippen LogP contribution in [0, 0.1) is 5.92 Å². The van der Waals surface area contributed by atoms with Crippen molar-refractivity contribution in [2.24, 2.45) is 5.92 Å². The van der Waals surface area contributed by atoms with Gasteiger partial charge in [0.05, 0.1) is 18.1 Å². The number of halogens is 3. The Kier molecular flexibility index (Phi) is 12.2. The number of nitrogens with one attached hydrogen (secondary N) is 3. The Bertz CT molecular complexity index is 1670. The highest BCUT2D eigenvalue weighted by Crippen LogP contribution is 2.34. The van der Waals surface area contributed by atoms with Crippen LogP contribution in [0.5, 0.6) is 0 Å². The fourth-order valence-corrected chi connectivity index (χ4v) is 5.88. The first-order valence-electron chi connectivity index (χ1n) is 16.7. The summed E-state index contributed by atoms with van der Waals surface area (Å²) < 4.78 is 53.0. The van der Waals surface area contributed by atoms with E-state index in [1.54, 1.807) is 46.9 Å². The first kappa shape index (κ1) is 38.2. The molecule has 5 atom stereocenters. The van der Waals surface area contributed by atoms with Crippen molar-refractivity contribution in [1.29, 1.82) is 0 Å². The van der Waals surface area contributed by atoms with E-state index in [-0.39, 0.29) is 31.6 Å². The van der Waals surface area contributed by atoms with E-state index in [4.69, 9.17) is 9.47 Å². The first-order chi connectivity index (χ1) is 23.5. The lowest BCUT2D eigenvalue weighted by molar-refractivity contribution is -0.144. The Balaban J connectivity index is 1.72. The Morgan fingerprint density at radius 1 is 1.06 bits per heavy atom. The molecule has 1 aliphatic heterocycles. The van der Waals surface area contributed by atoms with E-state index in [1.807, 2.05) is 18.2 Å². The highest BCUT2D eigenvalue weighted by molar-refractivity contribution is 5.93. The molecule has 4 N–H and O–H groups in total. The zero-order valence-electron chi connectivity index (χ0n) is 28.8. The van der Waals surface area contributed by atoms with Gasteiger partial charge in [0, 0.05) is 36.5 Å². The average molecular weight is 703 g/mol. The van der Waals surface area contributed by atoms with Crippen molar-refractivity contribution in [2.45, 2.75) is 96.3 Å². The van der Waals surface area contributed by atoms with Crippen molar-refractivity contribution in [3.05, 3.63) is 71.4 Å². The van der Waals surface area contributed by atoms with E-state index in [0.717, 1.165) is 23.0 Å². The van der Waals surface area contributed by atoms with Crippen molar-refractivity contribution in [1.82, 2.24) is 20.5 Å². The number of aliphatic carboxylic acids is 1. The predicted octanol–water partition coefficient (Wildman–Crippen LogP) is 5.99. The molecule has 14 heteroatoms. The molecule has 3 amide bonds. The smallest absolute Gasteiger partial charge is 0.416 e. The molecule has 50 heavy (non-hydrogen) atoms. The van der Waals surface area contributed by atoms with E-state index >= 15 is 0 Å². The van der Waals surface area contributed by atoms with Gasteiger partial charge in [-0.25, -0.2) is 9.59 Å². The lowest BCUT2D eigenvalue weighted by atomic mass is 9.91. The van der Waals surface area contributed by atoms with Crippen LogP contribution in [-0.4, -0.2) is 75.9 Å². The summed E-state index contributed by atoms with van der Waals surface area (Å²) in [6.07, 6.45) is -4.15. The Morgan fingerprint density at radius 2 is 1.78 bits per heavy atom. The van der Waals surface area contributed by atoms with Crippen molar-refractivity contribution < 1.29 is 46.9 Å². The number of aromatic nitrogens is 1. The molecule has 1 aromatic heterocycles. The average Bonchev–Trinajstić information content (AvgIpc) is 3.46. The Labute approximate surface area is 288 Å². The third kappa shape index (κ3) is 9.77. The molecule has 2 heterocycles. The molecule has 272 valence electrons. The van der Waals surface area contributed by atoms with Crippen LogP contribution in [0.25, 0.3) is 10.9 Å². The van der Waals surface area contributed by atoms with Gasteiger partial charge in [0.2, 0.25) is 11.8 Å². The number of aromatic amines is 1. The summed E-state index contributed by atoms with van der Waals surface area (Å²) in [6, 6.07) is 9.02. The SMILES string of the molecule is CC[C@H](C)[C@H](NC(=O)[C@H](Cc1c[nH]c2ccccc12)NC(=O)C(CC1OCCCN1C(=O)OC(C)(C)C)c1cccc(C(F)(F)F)c1)C(=O)O. The van der Waals surface area contributed by atoms with Gasteiger partial charge < -0.3 is 30.2 Å². The number of carbonyl (C=O) groups is 4. The predicted molar refractivity (Wildman–Crippen MR) is 179 cm³/mol. The summed E-state index contributed by atoms with van der Waals surface area (Å²) in [4.78, 5) is 57.9. The molecule has 2 unspecified atom stereocenters. The molecule has 4 rings (SSSR count). The zero-order valence-corrected chi connectivity index (χ0v) is 28.8. The van der Waals surface area contributed by atoms with Crippen LogP contribution in [0.2, 0.25) is 0 Å². The minimum atomic E-state index is -4.71. The molecule has 11 nitrogen and oxygen atoms in total. The number of hydrogen-bond acceptors (Lipinski definition) is 6. The van der Waals surface area contributed by atoms with Crippen LogP contribution in [0.3, 0.4) is 0 Å². The third-order valence-corrected chi connectivity index (χ3v) is 8.71. The van der Waals surface area contributed by atoms with Crippen LogP contribution in [0.15, 0.2) is 54.7 Å². The van der Waals surface area contributed by atoms with Gasteiger partial charge in [-0.2, -0.15) is 13.2 Å². The molecule has 0 spiro atoms. The van der Waals surface area contributed by atoms with Crippen molar-refractivity contribution >= 4 is 34.8 Å². The second-order valence-electron chi connectivity index (χ2n) is 13.6. The number of alkyl halides is 3. The number of hydrogen-bond donors (Lipinski definition) is 4. The molecule has 1 aliphatic rings. The zero-order chi connectivity index (χ0) is 36.8. The van der Waals surface area contributed by atoms with Crippen molar-refractivity contribution in [2.75, 3.05) is 13.2 Å². The number of carbonyl (C=O) groups excluding carboxylic acids is 3. The van der Waals surface area contributed by atoms with Crippen molar-refractivity contribution in [3.8, 4) is 0 Å². The van der Waals surface area contributed by atoms with Crippen LogP contribution in [0.4, 0.5) is 18.0 Å². The van der Waals surface area contributed by atoms with Crippen molar-refractivity contribution in [3.63, 3.8) is 0 Å². The number of ether oxygens (including phenoxy) is 2. The van der Waals surface area contributed by atoms with Gasteiger partial charge in [-0.05, 0) is 56.4 Å². The van der Waals surface area contributed by atoms with Crippen LogP contribution < -0.4 is 10.6 Å². The summed E-state index contributed by atoms with van der Waals surface area (Å²) in [5.41, 5.74) is -0.409. The van der Waals surface area contributed by atoms with E-state index in [1.165, 1.54) is 17.0 Å².